The predicted molar refractivity (Wildman–Crippen MR) is 66.3 cm³/mol. The van der Waals surface area contributed by atoms with Gasteiger partial charge in [0.05, 0.1) is 0 Å². The predicted octanol–water partition coefficient (Wildman–Crippen LogP) is 2.11. The maximum absolute atomic E-state index is 11.1. The summed E-state index contributed by atoms with van der Waals surface area (Å²) in [5.74, 6) is -0.432. The molecular weight excluding hydrogens is 240 g/mol. The van der Waals surface area contributed by atoms with Gasteiger partial charge in [0.15, 0.2) is 6.79 Å². The Bertz CT molecular complexity index is 238. The molecule has 0 rings (SSSR count). The molecule has 17 heavy (non-hydrogen) atoms. The summed E-state index contributed by atoms with van der Waals surface area (Å²) >= 11 is 0. The molecule has 0 amide bonds. The van der Waals surface area contributed by atoms with E-state index in [4.69, 9.17) is 18.0 Å². The number of esters is 1. The van der Waals surface area contributed by atoms with Gasteiger partial charge >= 0.3 is 14.8 Å². The molecular formula is C11H22O5Si. The lowest BCUT2D eigenvalue weighted by Gasteiger charge is -2.25. The first-order valence-electron chi connectivity index (χ1n) is 5.67. The lowest BCUT2D eigenvalue weighted by molar-refractivity contribution is -0.146. The lowest BCUT2D eigenvalue weighted by atomic mass is 10.4. The molecule has 0 saturated heterocycles. The van der Waals surface area contributed by atoms with Crippen molar-refractivity contribution in [3.8, 4) is 0 Å². The molecule has 0 aliphatic carbocycles. The number of rotatable bonds is 9. The van der Waals surface area contributed by atoms with E-state index < -0.39 is 14.8 Å². The fourth-order valence-corrected chi connectivity index (χ4v) is 3.21. The van der Waals surface area contributed by atoms with Crippen molar-refractivity contribution in [2.24, 2.45) is 0 Å². The van der Waals surface area contributed by atoms with Crippen molar-refractivity contribution in [2.75, 3.05) is 21.0 Å². The van der Waals surface area contributed by atoms with Gasteiger partial charge < -0.3 is 18.0 Å². The minimum Gasteiger partial charge on any atom is -0.436 e. The molecule has 0 aromatic rings. The summed E-state index contributed by atoms with van der Waals surface area (Å²) in [5.41, 5.74) is 0. The molecule has 0 aromatic carbocycles. The molecule has 0 bridgehead atoms. The smallest absolute Gasteiger partial charge is 0.436 e. The molecule has 0 unspecified atom stereocenters. The first kappa shape index (κ1) is 16.3. The molecule has 6 heteroatoms. The highest BCUT2D eigenvalue weighted by molar-refractivity contribution is 6.60. The monoisotopic (exact) mass is 262 g/mol. The molecule has 0 saturated carbocycles. The standard InChI is InChI=1S/C11H22O5Si/c1-5-7-9-17(13-3,14-4)16-10-15-11(12)8-6-2/h6,8H,5,7,9-10H2,1-4H3. The molecule has 0 aromatic heterocycles. The molecule has 0 aliphatic rings. The largest absolute Gasteiger partial charge is 0.502 e. The number of hydrogen-bond donors (Lipinski definition) is 0. The van der Waals surface area contributed by atoms with Crippen molar-refractivity contribution < 1.29 is 22.8 Å². The van der Waals surface area contributed by atoms with Crippen molar-refractivity contribution in [2.45, 2.75) is 32.7 Å². The average Bonchev–Trinajstić information content (AvgIpc) is 2.34. The van der Waals surface area contributed by atoms with Gasteiger partial charge in [-0.15, -0.1) is 0 Å². The van der Waals surface area contributed by atoms with E-state index >= 15 is 0 Å². The molecule has 0 aliphatic heterocycles. The zero-order valence-corrected chi connectivity index (χ0v) is 12.0. The molecule has 0 radical (unpaired) electrons. The maximum atomic E-state index is 11.1. The van der Waals surface area contributed by atoms with Crippen LogP contribution in [0, 0.1) is 0 Å². The topological polar surface area (TPSA) is 54.0 Å². The van der Waals surface area contributed by atoms with Crippen molar-refractivity contribution in [1.82, 2.24) is 0 Å². The second-order valence-electron chi connectivity index (χ2n) is 3.42. The van der Waals surface area contributed by atoms with Crippen molar-refractivity contribution >= 4 is 14.8 Å². The Morgan fingerprint density at radius 3 is 2.41 bits per heavy atom. The Labute approximate surface area is 104 Å². The molecule has 0 heterocycles. The van der Waals surface area contributed by atoms with Gasteiger partial charge in [-0.25, -0.2) is 4.79 Å². The van der Waals surface area contributed by atoms with Crippen LogP contribution in [0.5, 0.6) is 0 Å². The number of hydrogen-bond acceptors (Lipinski definition) is 5. The second kappa shape index (κ2) is 9.35. The molecule has 0 atom stereocenters. The zero-order chi connectivity index (χ0) is 13.1. The Morgan fingerprint density at radius 2 is 1.94 bits per heavy atom. The highest BCUT2D eigenvalue weighted by atomic mass is 28.4. The van der Waals surface area contributed by atoms with Gasteiger partial charge in [-0.1, -0.05) is 19.4 Å². The minimum absolute atomic E-state index is 0.138. The Kier molecular flexibility index (Phi) is 8.97. The fourth-order valence-electron chi connectivity index (χ4n) is 1.23. The molecule has 0 N–H and O–H groups in total. The quantitative estimate of drug-likeness (QED) is 0.276. The van der Waals surface area contributed by atoms with Gasteiger partial charge in [-0.2, -0.15) is 0 Å². The normalized spacial score (nSPS) is 12.0. The van der Waals surface area contributed by atoms with Crippen LogP contribution in [0.1, 0.15) is 26.7 Å². The van der Waals surface area contributed by atoms with Gasteiger partial charge in [-0.05, 0) is 13.3 Å². The van der Waals surface area contributed by atoms with Crippen molar-refractivity contribution in [1.29, 1.82) is 0 Å². The molecule has 100 valence electrons. The van der Waals surface area contributed by atoms with E-state index in [1.54, 1.807) is 27.2 Å². The van der Waals surface area contributed by atoms with E-state index in [0.717, 1.165) is 18.9 Å². The van der Waals surface area contributed by atoms with Crippen molar-refractivity contribution in [3.63, 3.8) is 0 Å². The zero-order valence-electron chi connectivity index (χ0n) is 11.0. The fraction of sp³-hybridized carbons (Fsp3) is 0.727. The van der Waals surface area contributed by atoms with Crippen molar-refractivity contribution in [3.05, 3.63) is 12.2 Å². The van der Waals surface area contributed by atoms with Crippen LogP contribution in [0.25, 0.3) is 0 Å². The van der Waals surface area contributed by atoms with Crippen LogP contribution >= 0.6 is 0 Å². The number of ether oxygens (including phenoxy) is 1. The van der Waals surface area contributed by atoms with Crippen LogP contribution in [-0.4, -0.2) is 35.8 Å². The van der Waals surface area contributed by atoms with E-state index in [1.165, 1.54) is 6.08 Å². The van der Waals surface area contributed by atoms with E-state index in [2.05, 4.69) is 6.92 Å². The van der Waals surface area contributed by atoms with E-state index in [0.29, 0.717) is 0 Å². The SMILES string of the molecule is CC=CC(=O)OCO[Si](CCCC)(OC)OC. The van der Waals surface area contributed by atoms with E-state index in [1.807, 2.05) is 0 Å². The Morgan fingerprint density at radius 1 is 1.29 bits per heavy atom. The minimum atomic E-state index is -2.66. The van der Waals surface area contributed by atoms with Crippen LogP contribution in [0.3, 0.4) is 0 Å². The number of unbranched alkanes of at least 4 members (excludes halogenated alkanes) is 1. The van der Waals surface area contributed by atoms with Gasteiger partial charge in [-0.3, -0.25) is 0 Å². The third kappa shape index (κ3) is 6.57. The van der Waals surface area contributed by atoms with Gasteiger partial charge in [0.25, 0.3) is 0 Å². The van der Waals surface area contributed by atoms with Crippen LogP contribution in [0.15, 0.2) is 12.2 Å². The average molecular weight is 262 g/mol. The van der Waals surface area contributed by atoms with Gasteiger partial charge in [0.2, 0.25) is 0 Å². The summed E-state index contributed by atoms with van der Waals surface area (Å²) in [4.78, 5) is 11.1. The van der Waals surface area contributed by atoms with Crippen LogP contribution < -0.4 is 0 Å². The highest BCUT2D eigenvalue weighted by Gasteiger charge is 2.38. The first-order valence-corrected chi connectivity index (χ1v) is 7.61. The van der Waals surface area contributed by atoms with Gasteiger partial charge in [0, 0.05) is 26.3 Å². The summed E-state index contributed by atoms with van der Waals surface area (Å²) in [5, 5.41) is 0. The third-order valence-corrected chi connectivity index (χ3v) is 5.01. The summed E-state index contributed by atoms with van der Waals surface area (Å²) in [6, 6.07) is 0.720. The number of carbonyl (C=O) groups excluding carboxylic acids is 1. The number of allylic oxidation sites excluding steroid dienone is 1. The molecule has 5 nitrogen and oxygen atoms in total. The van der Waals surface area contributed by atoms with Crippen LogP contribution in [0.4, 0.5) is 0 Å². The summed E-state index contributed by atoms with van der Waals surface area (Å²) in [6.07, 6.45) is 4.93. The highest BCUT2D eigenvalue weighted by Crippen LogP contribution is 2.17. The first-order chi connectivity index (χ1) is 8.14. The third-order valence-electron chi connectivity index (χ3n) is 2.24. The van der Waals surface area contributed by atoms with Gasteiger partial charge in [0.1, 0.15) is 0 Å². The second-order valence-corrected chi connectivity index (χ2v) is 6.39. The lowest BCUT2D eigenvalue weighted by Crippen LogP contribution is -2.44. The maximum Gasteiger partial charge on any atom is 0.502 e. The Hall–Kier alpha value is -0.693. The summed E-state index contributed by atoms with van der Waals surface area (Å²) < 4.78 is 20.9. The summed E-state index contributed by atoms with van der Waals surface area (Å²) in [7, 11) is 0.454. The number of carbonyl (C=O) groups is 1. The van der Waals surface area contributed by atoms with E-state index in [-0.39, 0.29) is 6.79 Å². The van der Waals surface area contributed by atoms with Crippen LogP contribution in [-0.2, 0) is 22.8 Å². The summed E-state index contributed by atoms with van der Waals surface area (Å²) in [6.45, 7) is 3.68. The van der Waals surface area contributed by atoms with Crippen LogP contribution in [0.2, 0.25) is 6.04 Å². The van der Waals surface area contributed by atoms with E-state index in [9.17, 15) is 4.79 Å². The molecule has 0 spiro atoms. The molecule has 0 fully saturated rings. The Balaban J connectivity index is 4.11.